The topological polar surface area (TPSA) is 52.3 Å². The molecule has 0 spiro atoms. The second-order valence-electron chi connectivity index (χ2n) is 4.79. The Kier molecular flexibility index (Phi) is 4.25. The van der Waals surface area contributed by atoms with Crippen LogP contribution in [0.2, 0.25) is 5.02 Å². The molecule has 2 N–H and O–H groups in total. The van der Waals surface area contributed by atoms with E-state index in [-0.39, 0.29) is 6.04 Å². The number of ether oxygens (including phenoxy) is 1. The van der Waals surface area contributed by atoms with Crippen molar-refractivity contribution in [2.45, 2.75) is 31.7 Å². The summed E-state index contributed by atoms with van der Waals surface area (Å²) >= 11 is 6.01. The summed E-state index contributed by atoms with van der Waals surface area (Å²) in [6.45, 7) is 0. The molecule has 0 radical (unpaired) electrons. The van der Waals surface area contributed by atoms with E-state index in [9.17, 15) is 4.79 Å². The van der Waals surface area contributed by atoms with Crippen molar-refractivity contribution in [1.29, 1.82) is 0 Å². The van der Waals surface area contributed by atoms with Crippen LogP contribution in [0.3, 0.4) is 0 Å². The molecule has 1 aliphatic rings. The molecule has 98 valence electrons. The SMILES string of the molecule is COc1ccc(Cl)cc1C(N)C1CCC(=O)CC1. The zero-order valence-electron chi connectivity index (χ0n) is 10.5. The minimum absolute atomic E-state index is 0.119. The first-order valence-electron chi connectivity index (χ1n) is 6.22. The van der Waals surface area contributed by atoms with E-state index in [1.54, 1.807) is 13.2 Å². The normalized spacial score (nSPS) is 18.7. The Bertz CT molecular complexity index is 437. The number of carbonyl (C=O) groups is 1. The molecule has 0 aliphatic heterocycles. The number of methoxy groups -OCH3 is 1. The monoisotopic (exact) mass is 267 g/mol. The number of rotatable bonds is 3. The maximum absolute atomic E-state index is 11.3. The third-order valence-electron chi connectivity index (χ3n) is 3.65. The number of benzene rings is 1. The molecule has 1 aromatic carbocycles. The van der Waals surface area contributed by atoms with Gasteiger partial charge in [-0.1, -0.05) is 11.6 Å². The maximum atomic E-state index is 11.3. The summed E-state index contributed by atoms with van der Waals surface area (Å²) in [6.07, 6.45) is 2.99. The van der Waals surface area contributed by atoms with E-state index in [0.717, 1.165) is 24.2 Å². The lowest BCUT2D eigenvalue weighted by Gasteiger charge is -2.28. The largest absolute Gasteiger partial charge is 0.496 e. The first-order valence-corrected chi connectivity index (χ1v) is 6.60. The Morgan fingerprint density at radius 3 is 2.67 bits per heavy atom. The Hall–Kier alpha value is -1.06. The number of hydrogen-bond donors (Lipinski definition) is 1. The summed E-state index contributed by atoms with van der Waals surface area (Å²) in [5, 5.41) is 0.660. The van der Waals surface area contributed by atoms with E-state index < -0.39 is 0 Å². The summed E-state index contributed by atoms with van der Waals surface area (Å²) in [7, 11) is 1.63. The number of carbonyl (C=O) groups excluding carboxylic acids is 1. The summed E-state index contributed by atoms with van der Waals surface area (Å²) in [4.78, 5) is 11.3. The molecule has 1 unspecified atom stereocenters. The van der Waals surface area contributed by atoms with Crippen LogP contribution in [-0.4, -0.2) is 12.9 Å². The van der Waals surface area contributed by atoms with E-state index in [4.69, 9.17) is 22.1 Å². The smallest absolute Gasteiger partial charge is 0.132 e. The van der Waals surface area contributed by atoms with Crippen LogP contribution in [0, 0.1) is 5.92 Å². The predicted octanol–water partition coefficient (Wildman–Crippen LogP) is 3.11. The highest BCUT2D eigenvalue weighted by molar-refractivity contribution is 6.30. The average molecular weight is 268 g/mol. The van der Waals surface area contributed by atoms with Gasteiger partial charge in [0.15, 0.2) is 0 Å². The average Bonchev–Trinajstić information content (AvgIpc) is 2.39. The third-order valence-corrected chi connectivity index (χ3v) is 3.88. The Labute approximate surface area is 112 Å². The third kappa shape index (κ3) is 2.85. The Balaban J connectivity index is 2.19. The lowest BCUT2D eigenvalue weighted by molar-refractivity contribution is -0.121. The van der Waals surface area contributed by atoms with Crippen molar-refractivity contribution < 1.29 is 9.53 Å². The molecule has 0 heterocycles. The molecule has 4 heteroatoms. The molecule has 0 amide bonds. The molecule has 0 aromatic heterocycles. The zero-order chi connectivity index (χ0) is 13.1. The fourth-order valence-electron chi connectivity index (χ4n) is 2.54. The molecule has 1 atom stereocenters. The lowest BCUT2D eigenvalue weighted by Crippen LogP contribution is -2.26. The second kappa shape index (κ2) is 5.72. The van der Waals surface area contributed by atoms with Crippen LogP contribution in [0.1, 0.15) is 37.3 Å². The predicted molar refractivity (Wildman–Crippen MR) is 71.9 cm³/mol. The van der Waals surface area contributed by atoms with Gasteiger partial charge in [-0.25, -0.2) is 0 Å². The molecular formula is C14H18ClNO2. The van der Waals surface area contributed by atoms with E-state index in [1.165, 1.54) is 0 Å². The molecule has 3 nitrogen and oxygen atoms in total. The molecule has 18 heavy (non-hydrogen) atoms. The highest BCUT2D eigenvalue weighted by Crippen LogP contribution is 2.36. The van der Waals surface area contributed by atoms with Crippen molar-refractivity contribution in [1.82, 2.24) is 0 Å². The van der Waals surface area contributed by atoms with Crippen LogP contribution >= 0.6 is 11.6 Å². The van der Waals surface area contributed by atoms with Crippen LogP contribution in [0.25, 0.3) is 0 Å². The van der Waals surface area contributed by atoms with Gasteiger partial charge in [-0.2, -0.15) is 0 Å². The first kappa shape index (κ1) is 13.4. The zero-order valence-corrected chi connectivity index (χ0v) is 11.2. The van der Waals surface area contributed by atoms with Gasteiger partial charge in [0.2, 0.25) is 0 Å². The van der Waals surface area contributed by atoms with Gasteiger partial charge in [-0.3, -0.25) is 4.79 Å². The quantitative estimate of drug-likeness (QED) is 0.916. The maximum Gasteiger partial charge on any atom is 0.132 e. The molecule has 0 bridgehead atoms. The van der Waals surface area contributed by atoms with Gasteiger partial charge in [0.1, 0.15) is 11.5 Å². The Morgan fingerprint density at radius 2 is 2.06 bits per heavy atom. The van der Waals surface area contributed by atoms with Gasteiger partial charge in [-0.05, 0) is 37.0 Å². The van der Waals surface area contributed by atoms with Gasteiger partial charge in [0.05, 0.1) is 7.11 Å². The molecule has 1 fully saturated rings. The minimum Gasteiger partial charge on any atom is -0.496 e. The van der Waals surface area contributed by atoms with Crippen LogP contribution in [0.5, 0.6) is 5.75 Å². The molecule has 0 saturated heterocycles. The summed E-state index contributed by atoms with van der Waals surface area (Å²) < 4.78 is 5.33. The molecule has 1 saturated carbocycles. The number of halogens is 1. The molecule has 1 aromatic rings. The van der Waals surface area contributed by atoms with Crippen LogP contribution in [0.4, 0.5) is 0 Å². The summed E-state index contributed by atoms with van der Waals surface area (Å²) in [6, 6.07) is 5.38. The molecular weight excluding hydrogens is 250 g/mol. The van der Waals surface area contributed by atoms with Crippen molar-refractivity contribution in [3.63, 3.8) is 0 Å². The van der Waals surface area contributed by atoms with Crippen molar-refractivity contribution >= 4 is 17.4 Å². The van der Waals surface area contributed by atoms with E-state index >= 15 is 0 Å². The van der Waals surface area contributed by atoms with Crippen molar-refractivity contribution in [2.75, 3.05) is 7.11 Å². The van der Waals surface area contributed by atoms with Crippen molar-refractivity contribution in [2.24, 2.45) is 11.7 Å². The van der Waals surface area contributed by atoms with Crippen LogP contribution in [0.15, 0.2) is 18.2 Å². The van der Waals surface area contributed by atoms with E-state index in [0.29, 0.717) is 29.6 Å². The standard InChI is InChI=1S/C14H18ClNO2/c1-18-13-7-4-10(15)8-12(13)14(16)9-2-5-11(17)6-3-9/h4,7-9,14H,2-3,5-6,16H2,1H3. The summed E-state index contributed by atoms with van der Waals surface area (Å²) in [5.74, 6) is 1.44. The van der Waals surface area contributed by atoms with Crippen LogP contribution < -0.4 is 10.5 Å². The second-order valence-corrected chi connectivity index (χ2v) is 5.22. The van der Waals surface area contributed by atoms with Gasteiger partial charge < -0.3 is 10.5 Å². The van der Waals surface area contributed by atoms with Gasteiger partial charge >= 0.3 is 0 Å². The fourth-order valence-corrected chi connectivity index (χ4v) is 2.72. The van der Waals surface area contributed by atoms with Crippen molar-refractivity contribution in [3.05, 3.63) is 28.8 Å². The van der Waals surface area contributed by atoms with Gasteiger partial charge in [0, 0.05) is 29.5 Å². The fraction of sp³-hybridized carbons (Fsp3) is 0.500. The molecule has 1 aliphatic carbocycles. The number of nitrogens with two attached hydrogens (primary N) is 1. The Morgan fingerprint density at radius 1 is 1.39 bits per heavy atom. The van der Waals surface area contributed by atoms with Gasteiger partial charge in [-0.15, -0.1) is 0 Å². The first-order chi connectivity index (χ1) is 8.61. The minimum atomic E-state index is -0.119. The number of ketones is 1. The molecule has 2 rings (SSSR count). The van der Waals surface area contributed by atoms with E-state index in [2.05, 4.69) is 0 Å². The highest BCUT2D eigenvalue weighted by atomic mass is 35.5. The summed E-state index contributed by atoms with van der Waals surface area (Å²) in [5.41, 5.74) is 7.25. The van der Waals surface area contributed by atoms with E-state index in [1.807, 2.05) is 12.1 Å². The lowest BCUT2D eigenvalue weighted by atomic mass is 9.81. The van der Waals surface area contributed by atoms with Crippen LogP contribution in [-0.2, 0) is 4.79 Å². The van der Waals surface area contributed by atoms with Gasteiger partial charge in [0.25, 0.3) is 0 Å². The number of hydrogen-bond acceptors (Lipinski definition) is 3. The van der Waals surface area contributed by atoms with Crippen molar-refractivity contribution in [3.8, 4) is 5.75 Å². The highest BCUT2D eigenvalue weighted by Gasteiger charge is 2.27. The number of Topliss-reactive ketones (excluding diaryl/α,β-unsaturated/α-hetero) is 1.